The fraction of sp³-hybridized carbons (Fsp3) is 0.227. The Labute approximate surface area is 189 Å². The van der Waals surface area contributed by atoms with E-state index in [1.165, 1.54) is 36.2 Å². The normalized spacial score (nSPS) is 16.2. The minimum absolute atomic E-state index is 0.0609. The summed E-state index contributed by atoms with van der Waals surface area (Å²) >= 11 is 1.51. The van der Waals surface area contributed by atoms with Crippen LogP contribution < -0.4 is 5.32 Å². The molecule has 1 aromatic heterocycles. The van der Waals surface area contributed by atoms with Crippen LogP contribution in [0.3, 0.4) is 0 Å². The molecule has 0 bridgehead atoms. The number of nitriles is 1. The number of benzene rings is 2. The molecule has 2 heterocycles. The number of nitrogens with one attached hydrogen (secondary N) is 1. The molecule has 0 saturated carbocycles. The van der Waals surface area contributed by atoms with Crippen molar-refractivity contribution in [2.24, 2.45) is 0 Å². The Morgan fingerprint density at radius 2 is 2.09 bits per heavy atom. The quantitative estimate of drug-likeness (QED) is 0.569. The predicted molar refractivity (Wildman–Crippen MR) is 119 cm³/mol. The van der Waals surface area contributed by atoms with E-state index in [9.17, 15) is 18.3 Å². The first-order chi connectivity index (χ1) is 15.3. The van der Waals surface area contributed by atoms with Crippen LogP contribution in [0, 0.1) is 11.3 Å². The van der Waals surface area contributed by atoms with Crippen LogP contribution in [0.5, 0.6) is 5.75 Å². The van der Waals surface area contributed by atoms with Crippen molar-refractivity contribution in [3.63, 3.8) is 0 Å². The summed E-state index contributed by atoms with van der Waals surface area (Å²) in [7, 11) is -3.90. The van der Waals surface area contributed by atoms with Gasteiger partial charge in [0.2, 0.25) is 0 Å². The number of phenolic OH excluding ortho intramolecular Hbond substituents is 1. The maximum atomic E-state index is 13.1. The molecule has 0 aliphatic carbocycles. The largest absolute Gasteiger partial charge is 0.508 e. The van der Waals surface area contributed by atoms with Crippen LogP contribution in [0.1, 0.15) is 41.0 Å². The number of carbonyl (C=O) groups excluding carboxylic acids is 1. The zero-order valence-electron chi connectivity index (χ0n) is 17.1. The highest BCUT2D eigenvalue weighted by Gasteiger charge is 2.33. The average molecular weight is 469 g/mol. The Morgan fingerprint density at radius 1 is 1.34 bits per heavy atom. The summed E-state index contributed by atoms with van der Waals surface area (Å²) in [6.45, 7) is 1.67. The van der Waals surface area contributed by atoms with Gasteiger partial charge in [0.05, 0.1) is 28.8 Å². The van der Waals surface area contributed by atoms with Crippen molar-refractivity contribution in [1.29, 1.82) is 5.26 Å². The third kappa shape index (κ3) is 3.97. The standard InChI is InChI=1S/C22H20N4O4S2/c1-2-20(32(29,30)17-5-3-4-16(27)10-17)25-21(28)18-12-24-22-26(18)19(13-31-22)15-8-6-14(11-23)7-9-15/h3-10,12,19-20,27H,2,13H2,1H3,(H,25,28). The molecular weight excluding hydrogens is 448 g/mol. The van der Waals surface area contributed by atoms with Crippen molar-refractivity contribution in [3.05, 3.63) is 71.5 Å². The number of hydrogen-bond acceptors (Lipinski definition) is 7. The molecule has 1 aliphatic heterocycles. The maximum Gasteiger partial charge on any atom is 0.270 e. The third-order valence-electron chi connectivity index (χ3n) is 5.29. The molecule has 0 fully saturated rings. The topological polar surface area (TPSA) is 125 Å². The van der Waals surface area contributed by atoms with E-state index in [0.29, 0.717) is 16.5 Å². The zero-order chi connectivity index (χ0) is 22.9. The Bertz CT molecular complexity index is 1310. The highest BCUT2D eigenvalue weighted by Crippen LogP contribution is 2.38. The van der Waals surface area contributed by atoms with Crippen molar-refractivity contribution < 1.29 is 18.3 Å². The summed E-state index contributed by atoms with van der Waals surface area (Å²) in [5.41, 5.74) is 1.75. The number of phenols is 1. The molecule has 10 heteroatoms. The van der Waals surface area contributed by atoms with Crippen molar-refractivity contribution in [2.75, 3.05) is 5.75 Å². The molecule has 3 aromatic rings. The maximum absolute atomic E-state index is 13.1. The van der Waals surface area contributed by atoms with E-state index < -0.39 is 21.1 Å². The molecule has 2 atom stereocenters. The number of sulfone groups is 1. The molecule has 1 amide bonds. The SMILES string of the molecule is CCC(NC(=O)c1cnc2n1C(c1ccc(C#N)cc1)CS2)S(=O)(=O)c1cccc(O)c1. The monoisotopic (exact) mass is 468 g/mol. The van der Waals surface area contributed by atoms with Crippen LogP contribution in [0.25, 0.3) is 0 Å². The van der Waals surface area contributed by atoms with Crippen LogP contribution in [0.2, 0.25) is 0 Å². The summed E-state index contributed by atoms with van der Waals surface area (Å²) in [4.78, 5) is 17.4. The molecule has 2 N–H and O–H groups in total. The number of amides is 1. The van der Waals surface area contributed by atoms with Gasteiger partial charge in [0, 0.05) is 5.75 Å². The van der Waals surface area contributed by atoms with Crippen molar-refractivity contribution in [2.45, 2.75) is 34.8 Å². The highest BCUT2D eigenvalue weighted by molar-refractivity contribution is 7.99. The fourth-order valence-electron chi connectivity index (χ4n) is 3.62. The smallest absolute Gasteiger partial charge is 0.270 e. The molecule has 2 unspecified atom stereocenters. The van der Waals surface area contributed by atoms with Gasteiger partial charge in [-0.3, -0.25) is 4.79 Å². The molecule has 8 nitrogen and oxygen atoms in total. The van der Waals surface area contributed by atoms with Crippen LogP contribution in [-0.4, -0.2) is 40.1 Å². The lowest BCUT2D eigenvalue weighted by atomic mass is 10.1. The molecule has 0 radical (unpaired) electrons. The second-order valence-electron chi connectivity index (χ2n) is 7.27. The van der Waals surface area contributed by atoms with Gasteiger partial charge < -0.3 is 15.0 Å². The second kappa shape index (κ2) is 8.68. The summed E-state index contributed by atoms with van der Waals surface area (Å²) in [5.74, 6) is -0.0302. The number of rotatable bonds is 6. The summed E-state index contributed by atoms with van der Waals surface area (Å²) in [6.07, 6.45) is 1.60. The van der Waals surface area contributed by atoms with E-state index in [0.717, 1.165) is 11.6 Å². The number of carbonyl (C=O) groups is 1. The first kappa shape index (κ1) is 21.9. The Morgan fingerprint density at radius 3 is 2.75 bits per heavy atom. The van der Waals surface area contributed by atoms with E-state index in [-0.39, 0.29) is 28.8 Å². The van der Waals surface area contributed by atoms with Crippen molar-refractivity contribution in [1.82, 2.24) is 14.9 Å². The lowest BCUT2D eigenvalue weighted by molar-refractivity contribution is 0.0936. The predicted octanol–water partition coefficient (Wildman–Crippen LogP) is 3.10. The van der Waals surface area contributed by atoms with Gasteiger partial charge in [-0.1, -0.05) is 36.9 Å². The van der Waals surface area contributed by atoms with Gasteiger partial charge in [-0.2, -0.15) is 5.26 Å². The first-order valence-corrected chi connectivity index (χ1v) is 12.4. The molecule has 164 valence electrons. The Hall–Kier alpha value is -3.29. The fourth-order valence-corrected chi connectivity index (χ4v) is 6.34. The van der Waals surface area contributed by atoms with Gasteiger partial charge in [-0.15, -0.1) is 0 Å². The Kier molecular flexibility index (Phi) is 5.95. The molecule has 32 heavy (non-hydrogen) atoms. The number of nitrogens with zero attached hydrogens (tertiary/aromatic N) is 3. The van der Waals surface area contributed by atoms with E-state index in [1.54, 1.807) is 23.6 Å². The second-order valence-corrected chi connectivity index (χ2v) is 10.4. The van der Waals surface area contributed by atoms with Crippen LogP contribution in [0.15, 0.2) is 64.8 Å². The molecular formula is C22H20N4O4S2. The van der Waals surface area contributed by atoms with Gasteiger partial charge in [0.1, 0.15) is 16.8 Å². The molecule has 1 aliphatic rings. The van der Waals surface area contributed by atoms with Gasteiger partial charge in [0.25, 0.3) is 5.91 Å². The van der Waals surface area contributed by atoms with Crippen LogP contribution in [-0.2, 0) is 9.84 Å². The van der Waals surface area contributed by atoms with Crippen LogP contribution in [0.4, 0.5) is 0 Å². The summed E-state index contributed by atoms with van der Waals surface area (Å²) < 4.78 is 27.8. The van der Waals surface area contributed by atoms with Crippen molar-refractivity contribution in [3.8, 4) is 11.8 Å². The first-order valence-electron chi connectivity index (χ1n) is 9.89. The number of aromatic nitrogens is 2. The number of aromatic hydroxyl groups is 1. The highest BCUT2D eigenvalue weighted by atomic mass is 32.2. The minimum Gasteiger partial charge on any atom is -0.508 e. The van der Waals surface area contributed by atoms with Gasteiger partial charge in [-0.25, -0.2) is 13.4 Å². The lowest BCUT2D eigenvalue weighted by Crippen LogP contribution is -2.41. The summed E-state index contributed by atoms with van der Waals surface area (Å²) in [6, 6.07) is 14.5. The van der Waals surface area contributed by atoms with E-state index in [4.69, 9.17) is 5.26 Å². The number of hydrogen-bond donors (Lipinski definition) is 2. The third-order valence-corrected chi connectivity index (χ3v) is 8.44. The van der Waals surface area contributed by atoms with Gasteiger partial charge >= 0.3 is 0 Å². The van der Waals surface area contributed by atoms with E-state index in [2.05, 4.69) is 16.4 Å². The lowest BCUT2D eigenvalue weighted by Gasteiger charge is -2.20. The van der Waals surface area contributed by atoms with E-state index in [1.807, 2.05) is 12.1 Å². The number of thioether (sulfide) groups is 1. The van der Waals surface area contributed by atoms with Gasteiger partial charge in [0.15, 0.2) is 15.0 Å². The van der Waals surface area contributed by atoms with Crippen molar-refractivity contribution >= 4 is 27.5 Å². The molecule has 2 aromatic carbocycles. The number of imidazole rings is 1. The molecule has 4 rings (SSSR count). The molecule has 0 spiro atoms. The van der Waals surface area contributed by atoms with E-state index >= 15 is 0 Å². The number of fused-ring (bicyclic) bond motifs is 1. The average Bonchev–Trinajstić information content (AvgIpc) is 3.39. The van der Waals surface area contributed by atoms with Crippen LogP contribution >= 0.6 is 11.8 Å². The molecule has 0 saturated heterocycles. The summed E-state index contributed by atoms with van der Waals surface area (Å²) in [5, 5.41) is 20.8. The zero-order valence-corrected chi connectivity index (χ0v) is 18.7. The minimum atomic E-state index is -3.90. The Balaban J connectivity index is 1.61. The van der Waals surface area contributed by atoms with Gasteiger partial charge in [-0.05, 0) is 42.3 Å².